The summed E-state index contributed by atoms with van der Waals surface area (Å²) in [6, 6.07) is 8.78. The fourth-order valence-corrected chi connectivity index (χ4v) is 2.62. The van der Waals surface area contributed by atoms with Gasteiger partial charge < -0.3 is 0 Å². The van der Waals surface area contributed by atoms with E-state index in [4.69, 9.17) is 23.2 Å². The third-order valence-electron chi connectivity index (χ3n) is 3.33. The average Bonchev–Trinajstić information content (AvgIpc) is 2.37. The van der Waals surface area contributed by atoms with Gasteiger partial charge in [-0.05, 0) is 30.4 Å². The Kier molecular flexibility index (Phi) is 5.64. The maximum atomic E-state index is 6.05. The van der Waals surface area contributed by atoms with E-state index in [-0.39, 0.29) is 5.41 Å². The molecule has 0 unspecified atom stereocenters. The molecule has 0 bridgehead atoms. The van der Waals surface area contributed by atoms with Crippen molar-refractivity contribution in [2.45, 2.75) is 33.1 Å². The first-order chi connectivity index (χ1) is 7.69. The van der Waals surface area contributed by atoms with Crippen LogP contribution in [0, 0.1) is 5.41 Å². The highest BCUT2D eigenvalue weighted by atomic mass is 35.5. The fraction of sp³-hybridized carbons (Fsp3) is 0.571. The number of rotatable bonds is 6. The SMILES string of the molecule is CCc1ccc(CC(CC)(CCl)CCl)cc1. The van der Waals surface area contributed by atoms with Crippen molar-refractivity contribution in [3.63, 3.8) is 0 Å². The molecular weight excluding hydrogens is 239 g/mol. The Morgan fingerprint density at radius 1 is 0.938 bits per heavy atom. The summed E-state index contributed by atoms with van der Waals surface area (Å²) < 4.78 is 0. The van der Waals surface area contributed by atoms with Gasteiger partial charge in [-0.3, -0.25) is 0 Å². The molecule has 0 aromatic heterocycles. The van der Waals surface area contributed by atoms with E-state index in [1.807, 2.05) is 0 Å². The Labute approximate surface area is 109 Å². The van der Waals surface area contributed by atoms with Crippen LogP contribution in [0.3, 0.4) is 0 Å². The van der Waals surface area contributed by atoms with Crippen molar-refractivity contribution in [2.24, 2.45) is 5.41 Å². The van der Waals surface area contributed by atoms with Crippen molar-refractivity contribution in [1.82, 2.24) is 0 Å². The summed E-state index contributed by atoms with van der Waals surface area (Å²) in [4.78, 5) is 0. The minimum atomic E-state index is 0.0524. The summed E-state index contributed by atoms with van der Waals surface area (Å²) in [7, 11) is 0. The summed E-state index contributed by atoms with van der Waals surface area (Å²) in [6.45, 7) is 4.33. The van der Waals surface area contributed by atoms with Gasteiger partial charge in [-0.1, -0.05) is 38.1 Å². The van der Waals surface area contributed by atoms with Gasteiger partial charge in [-0.2, -0.15) is 0 Å². The monoisotopic (exact) mass is 258 g/mol. The predicted molar refractivity (Wildman–Crippen MR) is 73.7 cm³/mol. The van der Waals surface area contributed by atoms with Gasteiger partial charge in [0.2, 0.25) is 0 Å². The first kappa shape index (κ1) is 13.9. The van der Waals surface area contributed by atoms with Crippen molar-refractivity contribution in [3.05, 3.63) is 35.4 Å². The molecular formula is C14H20Cl2. The zero-order valence-corrected chi connectivity index (χ0v) is 11.6. The summed E-state index contributed by atoms with van der Waals surface area (Å²) in [6.07, 6.45) is 3.08. The molecule has 0 aliphatic rings. The van der Waals surface area contributed by atoms with Gasteiger partial charge in [-0.15, -0.1) is 23.2 Å². The van der Waals surface area contributed by atoms with E-state index in [9.17, 15) is 0 Å². The van der Waals surface area contributed by atoms with Crippen LogP contribution in [0.5, 0.6) is 0 Å². The summed E-state index contributed by atoms with van der Waals surface area (Å²) in [5, 5.41) is 0. The molecule has 0 aliphatic carbocycles. The minimum Gasteiger partial charge on any atom is -0.126 e. The zero-order valence-electron chi connectivity index (χ0n) is 10.1. The molecule has 0 atom stereocenters. The highest BCUT2D eigenvalue weighted by Crippen LogP contribution is 2.30. The second-order valence-electron chi connectivity index (χ2n) is 4.47. The predicted octanol–water partition coefficient (Wildman–Crippen LogP) is 4.67. The van der Waals surface area contributed by atoms with Crippen molar-refractivity contribution >= 4 is 23.2 Å². The van der Waals surface area contributed by atoms with Gasteiger partial charge >= 0.3 is 0 Å². The number of halogens is 2. The molecule has 0 N–H and O–H groups in total. The van der Waals surface area contributed by atoms with Crippen molar-refractivity contribution in [2.75, 3.05) is 11.8 Å². The molecule has 16 heavy (non-hydrogen) atoms. The maximum absolute atomic E-state index is 6.05. The van der Waals surface area contributed by atoms with Gasteiger partial charge in [0.15, 0.2) is 0 Å². The lowest BCUT2D eigenvalue weighted by atomic mass is 9.83. The van der Waals surface area contributed by atoms with Gasteiger partial charge in [0.25, 0.3) is 0 Å². The Morgan fingerprint density at radius 3 is 1.81 bits per heavy atom. The highest BCUT2D eigenvalue weighted by Gasteiger charge is 2.26. The van der Waals surface area contributed by atoms with Crippen molar-refractivity contribution in [1.29, 1.82) is 0 Å². The van der Waals surface area contributed by atoms with Crippen LogP contribution in [0.2, 0.25) is 0 Å². The molecule has 90 valence electrons. The topological polar surface area (TPSA) is 0 Å². The molecule has 1 rings (SSSR count). The molecule has 0 nitrogen and oxygen atoms in total. The Morgan fingerprint density at radius 2 is 1.44 bits per heavy atom. The number of alkyl halides is 2. The third kappa shape index (κ3) is 3.40. The fourth-order valence-electron chi connectivity index (χ4n) is 1.77. The first-order valence-electron chi connectivity index (χ1n) is 5.89. The maximum Gasteiger partial charge on any atom is 0.0294 e. The second-order valence-corrected chi connectivity index (χ2v) is 5.00. The standard InChI is InChI=1S/C14H20Cl2/c1-3-12-5-7-13(8-6-12)9-14(4-2,10-15)11-16/h5-8H,3-4,9-11H2,1-2H3. The average molecular weight is 259 g/mol. The lowest BCUT2D eigenvalue weighted by molar-refractivity contribution is 0.362. The Balaban J connectivity index is 2.77. The Bertz CT molecular complexity index is 291. The van der Waals surface area contributed by atoms with Crippen molar-refractivity contribution < 1.29 is 0 Å². The van der Waals surface area contributed by atoms with Crippen LogP contribution >= 0.6 is 23.2 Å². The molecule has 0 radical (unpaired) electrons. The molecule has 0 heterocycles. The van der Waals surface area contributed by atoms with E-state index in [2.05, 4.69) is 38.1 Å². The van der Waals surface area contributed by atoms with Gasteiger partial charge in [-0.25, -0.2) is 0 Å². The van der Waals surface area contributed by atoms with Crippen LogP contribution in [0.15, 0.2) is 24.3 Å². The van der Waals surface area contributed by atoms with Gasteiger partial charge in [0.1, 0.15) is 0 Å². The number of hydrogen-bond acceptors (Lipinski definition) is 0. The lowest BCUT2D eigenvalue weighted by Crippen LogP contribution is -2.27. The number of hydrogen-bond donors (Lipinski definition) is 0. The van der Waals surface area contributed by atoms with Crippen LogP contribution in [0.1, 0.15) is 31.4 Å². The first-order valence-corrected chi connectivity index (χ1v) is 6.96. The molecule has 0 amide bonds. The van der Waals surface area contributed by atoms with Gasteiger partial charge in [0, 0.05) is 17.2 Å². The van der Waals surface area contributed by atoms with Crippen LogP contribution < -0.4 is 0 Å². The largest absolute Gasteiger partial charge is 0.126 e. The lowest BCUT2D eigenvalue weighted by Gasteiger charge is -2.28. The second kappa shape index (κ2) is 6.51. The number of benzene rings is 1. The summed E-state index contributed by atoms with van der Waals surface area (Å²) >= 11 is 12.1. The molecule has 0 saturated carbocycles. The van der Waals surface area contributed by atoms with Crippen molar-refractivity contribution in [3.8, 4) is 0 Å². The molecule has 0 spiro atoms. The molecule has 0 aliphatic heterocycles. The van der Waals surface area contributed by atoms with Crippen LogP contribution in [0.4, 0.5) is 0 Å². The quantitative estimate of drug-likeness (QED) is 0.651. The highest BCUT2D eigenvalue weighted by molar-refractivity contribution is 6.21. The van der Waals surface area contributed by atoms with E-state index >= 15 is 0 Å². The van der Waals surface area contributed by atoms with E-state index in [1.165, 1.54) is 11.1 Å². The van der Waals surface area contributed by atoms with E-state index in [1.54, 1.807) is 0 Å². The minimum absolute atomic E-state index is 0.0524. The van der Waals surface area contributed by atoms with E-state index in [0.29, 0.717) is 11.8 Å². The smallest absolute Gasteiger partial charge is 0.0294 e. The van der Waals surface area contributed by atoms with Crippen LogP contribution in [-0.4, -0.2) is 11.8 Å². The molecule has 2 heteroatoms. The van der Waals surface area contributed by atoms with Crippen LogP contribution in [0.25, 0.3) is 0 Å². The normalized spacial score (nSPS) is 11.8. The van der Waals surface area contributed by atoms with E-state index in [0.717, 1.165) is 19.3 Å². The van der Waals surface area contributed by atoms with Crippen LogP contribution in [-0.2, 0) is 12.8 Å². The molecule has 1 aromatic rings. The molecule has 0 fully saturated rings. The zero-order chi connectivity index (χ0) is 12.0. The Hall–Kier alpha value is -0.200. The van der Waals surface area contributed by atoms with E-state index < -0.39 is 0 Å². The summed E-state index contributed by atoms with van der Waals surface area (Å²) in [5.74, 6) is 1.26. The molecule has 1 aromatic carbocycles. The number of aryl methyl sites for hydroxylation is 1. The summed E-state index contributed by atoms with van der Waals surface area (Å²) in [5.41, 5.74) is 2.76. The van der Waals surface area contributed by atoms with Gasteiger partial charge in [0.05, 0.1) is 0 Å². The molecule has 0 saturated heterocycles. The third-order valence-corrected chi connectivity index (χ3v) is 4.46.